The summed E-state index contributed by atoms with van der Waals surface area (Å²) in [4.78, 5) is 49.6. The highest BCUT2D eigenvalue weighted by atomic mass is 35.5. The Morgan fingerprint density at radius 2 is 1.93 bits per heavy atom. The van der Waals surface area contributed by atoms with Crippen molar-refractivity contribution in [2.45, 2.75) is 19.4 Å². The molecule has 3 rings (SSSR count). The first-order valence-corrected chi connectivity index (χ1v) is 8.68. The van der Waals surface area contributed by atoms with Gasteiger partial charge in [-0.1, -0.05) is 17.7 Å². The van der Waals surface area contributed by atoms with E-state index in [0.717, 1.165) is 0 Å². The normalized spacial score (nSPS) is 13.5. The van der Waals surface area contributed by atoms with Gasteiger partial charge < -0.3 is 9.47 Å². The number of hydrogen-bond donors (Lipinski definition) is 2. The van der Waals surface area contributed by atoms with E-state index in [1.54, 1.807) is 18.2 Å². The van der Waals surface area contributed by atoms with Gasteiger partial charge >= 0.3 is 0 Å². The molecule has 1 saturated heterocycles. The van der Waals surface area contributed by atoms with Gasteiger partial charge in [0.05, 0.1) is 11.3 Å². The molecule has 140 valence electrons. The van der Waals surface area contributed by atoms with Crippen molar-refractivity contribution in [3.8, 4) is 0 Å². The van der Waals surface area contributed by atoms with Crippen molar-refractivity contribution in [1.29, 1.82) is 0 Å². The van der Waals surface area contributed by atoms with E-state index in [1.807, 2.05) is 0 Å². The van der Waals surface area contributed by atoms with Crippen LogP contribution in [0, 0.1) is 0 Å². The summed E-state index contributed by atoms with van der Waals surface area (Å²) >= 11 is 6.01. The summed E-state index contributed by atoms with van der Waals surface area (Å²) in [6.07, 6.45) is 2.59. The Labute approximate surface area is 159 Å². The molecule has 0 saturated carbocycles. The number of aromatic nitrogens is 1. The first kappa shape index (κ1) is 18.7. The Bertz CT molecular complexity index is 956. The van der Waals surface area contributed by atoms with Crippen LogP contribution in [-0.4, -0.2) is 28.8 Å². The number of amides is 3. The molecule has 0 radical (unpaired) electrons. The third-order valence-electron chi connectivity index (χ3n) is 4.10. The number of hydrazine groups is 1. The minimum atomic E-state index is -0.588. The predicted molar refractivity (Wildman–Crippen MR) is 99.3 cm³/mol. The molecule has 1 fully saturated rings. The first-order valence-electron chi connectivity index (χ1n) is 8.30. The molecule has 1 aromatic carbocycles. The van der Waals surface area contributed by atoms with E-state index in [4.69, 9.17) is 11.6 Å². The van der Waals surface area contributed by atoms with E-state index in [9.17, 15) is 19.2 Å². The van der Waals surface area contributed by atoms with Crippen LogP contribution < -0.4 is 21.3 Å². The van der Waals surface area contributed by atoms with Gasteiger partial charge in [-0.25, -0.2) is 0 Å². The van der Waals surface area contributed by atoms with Crippen molar-refractivity contribution in [2.24, 2.45) is 0 Å². The summed E-state index contributed by atoms with van der Waals surface area (Å²) in [6, 6.07) is 9.10. The monoisotopic (exact) mass is 388 g/mol. The second kappa shape index (κ2) is 8.05. The summed E-state index contributed by atoms with van der Waals surface area (Å²) in [6.45, 7) is 0.265. The molecule has 9 heteroatoms. The van der Waals surface area contributed by atoms with Gasteiger partial charge in [0.2, 0.25) is 5.91 Å². The van der Waals surface area contributed by atoms with E-state index >= 15 is 0 Å². The van der Waals surface area contributed by atoms with Gasteiger partial charge in [-0.3, -0.25) is 30.0 Å². The maximum absolute atomic E-state index is 12.5. The van der Waals surface area contributed by atoms with Gasteiger partial charge in [0.15, 0.2) is 0 Å². The number of pyridine rings is 1. The first-order chi connectivity index (χ1) is 13.0. The lowest BCUT2D eigenvalue weighted by Crippen LogP contribution is -2.44. The van der Waals surface area contributed by atoms with Crippen LogP contribution in [0.15, 0.2) is 47.4 Å². The quantitative estimate of drug-likeness (QED) is 0.765. The molecule has 3 amide bonds. The molecule has 0 atom stereocenters. The van der Waals surface area contributed by atoms with E-state index < -0.39 is 11.8 Å². The molecule has 1 aromatic heterocycles. The number of halogens is 1. The van der Waals surface area contributed by atoms with Gasteiger partial charge in [-0.15, -0.1) is 0 Å². The smallest absolute Gasteiger partial charge is 0.271 e. The van der Waals surface area contributed by atoms with Crippen molar-refractivity contribution in [2.75, 3.05) is 11.4 Å². The Balaban J connectivity index is 1.69. The number of carbonyl (C=O) groups is 3. The Morgan fingerprint density at radius 3 is 2.63 bits per heavy atom. The molecule has 8 nitrogen and oxygen atoms in total. The van der Waals surface area contributed by atoms with E-state index in [1.165, 1.54) is 33.9 Å². The lowest BCUT2D eigenvalue weighted by Gasteiger charge is -2.20. The highest BCUT2D eigenvalue weighted by molar-refractivity contribution is 6.31. The lowest BCUT2D eigenvalue weighted by molar-refractivity contribution is -0.122. The third-order valence-corrected chi connectivity index (χ3v) is 4.33. The van der Waals surface area contributed by atoms with Crippen LogP contribution in [0.4, 0.5) is 5.69 Å². The van der Waals surface area contributed by atoms with E-state index in [2.05, 4.69) is 10.9 Å². The molecule has 0 bridgehead atoms. The fourth-order valence-corrected chi connectivity index (χ4v) is 2.97. The number of benzene rings is 1. The van der Waals surface area contributed by atoms with Crippen LogP contribution in [-0.2, 0) is 16.1 Å². The maximum atomic E-state index is 12.5. The second-order valence-electron chi connectivity index (χ2n) is 5.98. The van der Waals surface area contributed by atoms with Gasteiger partial charge in [0, 0.05) is 30.3 Å². The van der Waals surface area contributed by atoms with Crippen LogP contribution in [0.2, 0.25) is 5.02 Å². The third kappa shape index (κ3) is 4.35. The molecule has 2 N–H and O–H groups in total. The molecule has 0 aliphatic carbocycles. The Kier molecular flexibility index (Phi) is 5.56. The molecule has 27 heavy (non-hydrogen) atoms. The summed E-state index contributed by atoms with van der Waals surface area (Å²) in [5, 5.41) is 0.397. The van der Waals surface area contributed by atoms with Crippen LogP contribution in [0.1, 0.15) is 23.2 Å². The van der Waals surface area contributed by atoms with Crippen molar-refractivity contribution in [3.05, 3.63) is 63.5 Å². The standard InChI is InChI=1S/C18H17ClN4O4/c19-12-6-7-13(14(10-12)23-9-3-5-17(23)26)18(27)21-20-15(24)11-22-8-2-1-4-16(22)25/h1-2,4,6-8,10H,3,5,9,11H2,(H,20,24)(H,21,27). The zero-order chi connectivity index (χ0) is 19.4. The number of anilines is 1. The lowest BCUT2D eigenvalue weighted by atomic mass is 10.1. The van der Waals surface area contributed by atoms with Crippen LogP contribution in [0.5, 0.6) is 0 Å². The number of nitrogens with one attached hydrogen (secondary N) is 2. The van der Waals surface area contributed by atoms with Gasteiger partial charge in [-0.05, 0) is 30.7 Å². The number of nitrogens with zero attached hydrogens (tertiary/aromatic N) is 2. The average Bonchev–Trinajstić information content (AvgIpc) is 3.07. The molecule has 0 unspecified atom stereocenters. The molecule has 2 aromatic rings. The van der Waals surface area contributed by atoms with E-state index in [0.29, 0.717) is 30.1 Å². The molecule has 1 aliphatic rings. The van der Waals surface area contributed by atoms with Crippen molar-refractivity contribution < 1.29 is 14.4 Å². The SMILES string of the molecule is O=C(Cn1ccccc1=O)NNC(=O)c1ccc(Cl)cc1N1CCCC1=O. The largest absolute Gasteiger partial charge is 0.312 e. The highest BCUT2D eigenvalue weighted by Crippen LogP contribution is 2.28. The minimum Gasteiger partial charge on any atom is -0.312 e. The summed E-state index contributed by atoms with van der Waals surface area (Å²) in [7, 11) is 0. The van der Waals surface area contributed by atoms with E-state index in [-0.39, 0.29) is 23.6 Å². The molecule has 0 spiro atoms. The second-order valence-corrected chi connectivity index (χ2v) is 6.42. The molecule has 2 heterocycles. The van der Waals surface area contributed by atoms with Gasteiger partial charge in [0.1, 0.15) is 6.54 Å². The maximum Gasteiger partial charge on any atom is 0.271 e. The minimum absolute atomic E-state index is 0.0844. The zero-order valence-corrected chi connectivity index (χ0v) is 15.0. The number of hydrogen-bond acceptors (Lipinski definition) is 4. The number of rotatable bonds is 4. The Hall–Kier alpha value is -3.13. The van der Waals surface area contributed by atoms with Crippen LogP contribution in [0.3, 0.4) is 0 Å². The fourth-order valence-electron chi connectivity index (χ4n) is 2.80. The van der Waals surface area contributed by atoms with Gasteiger partial charge in [-0.2, -0.15) is 0 Å². The number of carbonyl (C=O) groups excluding carboxylic acids is 3. The molecule has 1 aliphatic heterocycles. The summed E-state index contributed by atoms with van der Waals surface area (Å²) < 4.78 is 1.21. The topological polar surface area (TPSA) is 101 Å². The van der Waals surface area contributed by atoms with Crippen LogP contribution >= 0.6 is 11.6 Å². The fraction of sp³-hybridized carbons (Fsp3) is 0.222. The molecular weight excluding hydrogens is 372 g/mol. The van der Waals surface area contributed by atoms with Gasteiger partial charge in [0.25, 0.3) is 17.4 Å². The van der Waals surface area contributed by atoms with Crippen molar-refractivity contribution in [3.63, 3.8) is 0 Å². The highest BCUT2D eigenvalue weighted by Gasteiger charge is 2.26. The predicted octanol–water partition coefficient (Wildman–Crippen LogP) is 1.09. The molecular formula is C18H17ClN4O4. The summed E-state index contributed by atoms with van der Waals surface area (Å²) in [5.74, 6) is -1.24. The van der Waals surface area contributed by atoms with Crippen molar-refractivity contribution >= 4 is 35.0 Å². The van der Waals surface area contributed by atoms with Crippen molar-refractivity contribution in [1.82, 2.24) is 15.4 Å². The Morgan fingerprint density at radius 1 is 1.11 bits per heavy atom. The average molecular weight is 389 g/mol. The van der Waals surface area contributed by atoms with Crippen LogP contribution in [0.25, 0.3) is 0 Å². The summed E-state index contributed by atoms with van der Waals surface area (Å²) in [5.41, 5.74) is 4.85. The zero-order valence-electron chi connectivity index (χ0n) is 14.3.